The fourth-order valence-corrected chi connectivity index (χ4v) is 4.30. The summed E-state index contributed by atoms with van der Waals surface area (Å²) in [5, 5.41) is 1.29. The molecule has 0 heterocycles. The summed E-state index contributed by atoms with van der Waals surface area (Å²) in [5.74, 6) is -0.169. The monoisotopic (exact) mass is 534 g/mol. The number of amides is 2. The zero-order chi connectivity index (χ0) is 29.8. The highest BCUT2D eigenvalue weighted by molar-refractivity contribution is 6.49. The maximum absolute atomic E-state index is 14.0. The Morgan fingerprint density at radius 2 is 1.74 bits per heavy atom. The number of methoxy groups -OCH3 is 1. The minimum absolute atomic E-state index is 0.137. The van der Waals surface area contributed by atoms with E-state index in [0.717, 1.165) is 6.29 Å². The van der Waals surface area contributed by atoms with E-state index in [2.05, 4.69) is 27.1 Å². The second-order valence-electron chi connectivity index (χ2n) is 12.6. The van der Waals surface area contributed by atoms with Gasteiger partial charge in [-0.3, -0.25) is 19.8 Å². The number of nitrogens with one attached hydrogen (secondary N) is 1. The van der Waals surface area contributed by atoms with Crippen molar-refractivity contribution in [3.05, 3.63) is 58.7 Å². The Hall–Kier alpha value is -3.06. The van der Waals surface area contributed by atoms with Gasteiger partial charge in [0.1, 0.15) is 19.9 Å². The van der Waals surface area contributed by atoms with Crippen LogP contribution in [0.1, 0.15) is 98.4 Å². The number of hydrogen-bond donors (Lipinski definition) is 1. The van der Waals surface area contributed by atoms with Crippen LogP contribution in [0, 0.1) is 12.3 Å². The largest absolute Gasteiger partial charge is 0.496 e. The Bertz CT molecular complexity index is 1200. The van der Waals surface area contributed by atoms with Gasteiger partial charge in [0.25, 0.3) is 11.8 Å². The molecule has 0 aliphatic carbocycles. The summed E-state index contributed by atoms with van der Waals surface area (Å²) in [4.78, 5) is 39.3. The molecule has 39 heavy (non-hydrogen) atoms. The molecule has 0 spiro atoms. The fraction of sp³-hybridized carbons (Fsp3) is 0.500. The zero-order valence-corrected chi connectivity index (χ0v) is 25.5. The first-order chi connectivity index (χ1) is 18.0. The van der Waals surface area contributed by atoms with Gasteiger partial charge in [0.2, 0.25) is 0 Å². The van der Waals surface area contributed by atoms with Crippen molar-refractivity contribution >= 4 is 38.9 Å². The quantitative estimate of drug-likeness (QED) is 0.283. The molecule has 0 radical (unpaired) electrons. The number of benzene rings is 2. The molecule has 0 unspecified atom stereocenters. The molecular weight excluding hydrogens is 490 g/mol. The van der Waals surface area contributed by atoms with Crippen molar-refractivity contribution in [2.24, 2.45) is 5.41 Å². The Morgan fingerprint density at radius 1 is 1.10 bits per heavy atom. The molecule has 0 aliphatic rings. The highest BCUT2D eigenvalue weighted by Gasteiger charge is 2.36. The third kappa shape index (κ3) is 7.53. The highest BCUT2D eigenvalue weighted by atomic mass is 16.5. The average Bonchev–Trinajstić information content (AvgIpc) is 2.85. The lowest BCUT2D eigenvalue weighted by Crippen LogP contribution is -2.56. The Labute approximate surface area is 235 Å². The number of carbonyl (C=O) groups excluding carboxylic acids is 3. The predicted molar refractivity (Wildman–Crippen MR) is 161 cm³/mol. The van der Waals surface area contributed by atoms with Gasteiger partial charge in [-0.1, -0.05) is 59.7 Å². The molecule has 0 fully saturated rings. The highest BCUT2D eigenvalue weighted by Crippen LogP contribution is 2.36. The number of hydrazine groups is 1. The number of hydrogen-bond acceptors (Lipinski definition) is 5. The van der Waals surface area contributed by atoms with Gasteiger partial charge in [0.15, 0.2) is 0 Å². The Morgan fingerprint density at radius 3 is 2.26 bits per heavy atom. The molecular formula is C30H44B2N2O5. The lowest BCUT2D eigenvalue weighted by atomic mass is 9.61. The fourth-order valence-electron chi connectivity index (χ4n) is 4.30. The second-order valence-corrected chi connectivity index (χ2v) is 12.6. The van der Waals surface area contributed by atoms with Crippen LogP contribution in [0.25, 0.3) is 0 Å². The van der Waals surface area contributed by atoms with Crippen LogP contribution in [-0.2, 0) is 4.65 Å². The summed E-state index contributed by atoms with van der Waals surface area (Å²) in [6, 6.07) is 9.89. The van der Waals surface area contributed by atoms with Gasteiger partial charge in [-0.2, -0.15) is 0 Å². The summed E-state index contributed by atoms with van der Waals surface area (Å²) in [6.07, 6.45) is 1.39. The average molecular weight is 534 g/mol. The van der Waals surface area contributed by atoms with Crippen LogP contribution in [0.5, 0.6) is 5.75 Å². The molecule has 2 rings (SSSR count). The number of rotatable bonds is 10. The van der Waals surface area contributed by atoms with E-state index >= 15 is 0 Å². The van der Waals surface area contributed by atoms with Crippen molar-refractivity contribution in [2.45, 2.75) is 85.7 Å². The van der Waals surface area contributed by atoms with Crippen LogP contribution in [0.3, 0.4) is 0 Å². The van der Waals surface area contributed by atoms with Crippen LogP contribution in [0.2, 0.25) is 5.31 Å². The van der Waals surface area contributed by atoms with Crippen molar-refractivity contribution in [3.63, 3.8) is 0 Å². The Kier molecular flexibility index (Phi) is 10.2. The van der Waals surface area contributed by atoms with Gasteiger partial charge in [0, 0.05) is 27.9 Å². The minimum Gasteiger partial charge on any atom is -0.496 e. The second kappa shape index (κ2) is 12.4. The summed E-state index contributed by atoms with van der Waals surface area (Å²) >= 11 is 0. The van der Waals surface area contributed by atoms with Crippen molar-refractivity contribution in [3.8, 4) is 5.75 Å². The molecule has 1 atom stereocenters. The van der Waals surface area contributed by atoms with Gasteiger partial charge in [0.05, 0.1) is 13.2 Å². The van der Waals surface area contributed by atoms with E-state index in [1.165, 1.54) is 5.01 Å². The number of nitrogens with zero attached hydrogens (tertiary/aromatic N) is 1. The van der Waals surface area contributed by atoms with Crippen molar-refractivity contribution in [1.29, 1.82) is 0 Å². The van der Waals surface area contributed by atoms with E-state index in [0.29, 0.717) is 39.9 Å². The van der Waals surface area contributed by atoms with Gasteiger partial charge in [-0.15, -0.1) is 0 Å². The van der Waals surface area contributed by atoms with Crippen LogP contribution in [0.4, 0.5) is 0 Å². The minimum atomic E-state index is -0.471. The Balaban J connectivity index is 2.51. The van der Waals surface area contributed by atoms with E-state index < -0.39 is 11.5 Å². The predicted octanol–water partition coefficient (Wildman–Crippen LogP) is 4.03. The maximum atomic E-state index is 14.0. The molecule has 2 aromatic rings. The van der Waals surface area contributed by atoms with Crippen LogP contribution < -0.4 is 15.6 Å². The van der Waals surface area contributed by atoms with Crippen molar-refractivity contribution in [1.82, 2.24) is 10.4 Å². The topological polar surface area (TPSA) is 84.9 Å². The molecule has 2 aromatic carbocycles. The van der Waals surface area contributed by atoms with E-state index in [1.807, 2.05) is 48.5 Å². The molecule has 0 saturated carbocycles. The van der Waals surface area contributed by atoms with E-state index in [1.54, 1.807) is 43.5 Å². The molecule has 2 amide bonds. The molecule has 0 saturated heterocycles. The van der Waals surface area contributed by atoms with E-state index in [-0.39, 0.29) is 30.2 Å². The van der Waals surface area contributed by atoms with Crippen LogP contribution >= 0.6 is 0 Å². The summed E-state index contributed by atoms with van der Waals surface area (Å²) < 4.78 is 11.6. The third-order valence-corrected chi connectivity index (χ3v) is 7.80. The van der Waals surface area contributed by atoms with E-state index in [9.17, 15) is 14.4 Å². The summed E-state index contributed by atoms with van der Waals surface area (Å²) in [7, 11) is 3.82. The van der Waals surface area contributed by atoms with Crippen molar-refractivity contribution < 1.29 is 23.8 Å². The molecule has 9 heteroatoms. The lowest BCUT2D eigenvalue weighted by molar-refractivity contribution is 0.0284. The maximum Gasteiger partial charge on any atom is 0.310 e. The molecule has 0 aliphatic heterocycles. The van der Waals surface area contributed by atoms with Crippen LogP contribution in [0.15, 0.2) is 36.4 Å². The number of carbonyl (C=O) groups is 3. The smallest absolute Gasteiger partial charge is 0.310 e. The molecule has 0 aromatic heterocycles. The lowest BCUT2D eigenvalue weighted by Gasteiger charge is -2.40. The van der Waals surface area contributed by atoms with E-state index in [4.69, 9.17) is 9.39 Å². The first-order valence-electron chi connectivity index (χ1n) is 13.5. The van der Waals surface area contributed by atoms with Gasteiger partial charge >= 0.3 is 7.48 Å². The normalized spacial score (nSPS) is 12.9. The molecule has 210 valence electrons. The molecule has 1 N–H and O–H groups in total. The van der Waals surface area contributed by atoms with Gasteiger partial charge in [-0.25, -0.2) is 5.01 Å². The third-order valence-electron chi connectivity index (χ3n) is 7.80. The molecule has 7 nitrogen and oxygen atoms in total. The first-order valence-corrected chi connectivity index (χ1v) is 13.5. The standard InChI is InChI=1S/C30H44B2N2O5/c1-11-25(28(3,4)5)34(33-26(36)22-13-12-14-24(38-10)19(22)2)27(37)20-15-16-21(18-35)23(17-20)32-39-30(8,9)29(6,7)31/h12-18,25,32H,11,31H2,1-10H3,(H,33,36)/t25-/m1/s1. The summed E-state index contributed by atoms with van der Waals surface area (Å²) in [6.45, 7) is 18.1. The first kappa shape index (κ1) is 32.2. The van der Waals surface area contributed by atoms with Gasteiger partial charge in [-0.05, 0) is 61.6 Å². The zero-order valence-electron chi connectivity index (χ0n) is 25.5. The number of ether oxygens (including phenoxy) is 1. The van der Waals surface area contributed by atoms with Gasteiger partial charge < -0.3 is 9.39 Å². The van der Waals surface area contributed by atoms with Crippen molar-refractivity contribution in [2.75, 3.05) is 7.11 Å². The van der Waals surface area contributed by atoms with Crippen LogP contribution in [-0.4, -0.2) is 57.2 Å². The molecule has 0 bridgehead atoms. The SMILES string of the molecule is BC(C)(C)C(C)(C)OBc1cc(C(=O)N(NC(=O)c2cccc(OC)c2C)[C@H](CC)C(C)(C)C)ccc1C=O. The number of aldehydes is 1. The summed E-state index contributed by atoms with van der Waals surface area (Å²) in [5.41, 5.74) is 4.64.